The van der Waals surface area contributed by atoms with Gasteiger partial charge in [0.1, 0.15) is 0 Å². The molecule has 2 nitrogen and oxygen atoms in total. The van der Waals surface area contributed by atoms with Gasteiger partial charge < -0.3 is 5.11 Å². The second-order valence-corrected chi connectivity index (χ2v) is 5.06. The van der Waals surface area contributed by atoms with Gasteiger partial charge in [-0.25, -0.2) is 0 Å². The minimum atomic E-state index is -0.677. The van der Waals surface area contributed by atoms with Gasteiger partial charge in [0, 0.05) is 4.88 Å². The van der Waals surface area contributed by atoms with Crippen LogP contribution in [0.2, 0.25) is 0 Å². The minimum absolute atomic E-state index is 0.289. The molecule has 0 aliphatic heterocycles. The number of rotatable bonds is 3. The number of carboxylic acid groups (broad SMARTS) is 1. The Morgan fingerprint density at radius 2 is 2.27 bits per heavy atom. The van der Waals surface area contributed by atoms with Crippen LogP contribution in [0.1, 0.15) is 48.1 Å². The van der Waals surface area contributed by atoms with E-state index in [1.807, 2.05) is 6.92 Å². The third-order valence-corrected chi connectivity index (χ3v) is 4.28. The van der Waals surface area contributed by atoms with Crippen LogP contribution in [0.4, 0.5) is 0 Å². The molecule has 82 valence electrons. The lowest BCUT2D eigenvalue weighted by atomic mass is 9.89. The van der Waals surface area contributed by atoms with Gasteiger partial charge in [-0.3, -0.25) is 4.79 Å². The van der Waals surface area contributed by atoms with Crippen molar-refractivity contribution in [1.82, 2.24) is 0 Å². The lowest BCUT2D eigenvalue weighted by Gasteiger charge is -2.16. The Hall–Kier alpha value is -0.830. The summed E-state index contributed by atoms with van der Waals surface area (Å²) in [7, 11) is 0. The maximum Gasteiger partial charge on any atom is 0.311 e. The van der Waals surface area contributed by atoms with Gasteiger partial charge in [-0.05, 0) is 48.6 Å². The largest absolute Gasteiger partial charge is 0.481 e. The number of aryl methyl sites for hydroxylation is 1. The van der Waals surface area contributed by atoms with Gasteiger partial charge in [-0.15, -0.1) is 11.3 Å². The maximum atomic E-state index is 11.1. The summed E-state index contributed by atoms with van der Waals surface area (Å²) in [6, 6.07) is 0. The molecule has 1 aromatic rings. The zero-order chi connectivity index (χ0) is 10.8. The minimum Gasteiger partial charge on any atom is -0.481 e. The third-order valence-electron chi connectivity index (χ3n) is 3.18. The standard InChI is InChI=1S/C12H16O2S/c1-2-8(12(13)14)10-7-15-11-6-4-3-5-9(10)11/h7-8H,2-6H2,1H3,(H,13,14). The number of hydrogen-bond acceptors (Lipinski definition) is 2. The molecule has 0 radical (unpaired) electrons. The molecule has 1 aromatic heterocycles. The van der Waals surface area contributed by atoms with Crippen molar-refractivity contribution in [2.45, 2.75) is 44.9 Å². The molecule has 1 atom stereocenters. The van der Waals surface area contributed by atoms with Gasteiger partial charge in [0.05, 0.1) is 5.92 Å². The van der Waals surface area contributed by atoms with E-state index >= 15 is 0 Å². The molecule has 1 unspecified atom stereocenters. The molecule has 1 aliphatic rings. The summed E-state index contributed by atoms with van der Waals surface area (Å²) in [5.74, 6) is -0.966. The Kier molecular flexibility index (Phi) is 3.10. The molecule has 0 fully saturated rings. The fourth-order valence-corrected chi connectivity index (χ4v) is 3.54. The van der Waals surface area contributed by atoms with E-state index in [2.05, 4.69) is 5.38 Å². The molecular formula is C12H16O2S. The number of hydrogen-bond donors (Lipinski definition) is 1. The van der Waals surface area contributed by atoms with Crippen molar-refractivity contribution in [2.24, 2.45) is 0 Å². The zero-order valence-corrected chi connectivity index (χ0v) is 9.77. The quantitative estimate of drug-likeness (QED) is 0.856. The van der Waals surface area contributed by atoms with E-state index in [0.29, 0.717) is 6.42 Å². The molecule has 0 bridgehead atoms. The van der Waals surface area contributed by atoms with Gasteiger partial charge in [0.2, 0.25) is 0 Å². The highest BCUT2D eigenvalue weighted by molar-refractivity contribution is 7.10. The molecule has 1 N–H and O–H groups in total. The van der Waals surface area contributed by atoms with E-state index < -0.39 is 5.97 Å². The zero-order valence-electron chi connectivity index (χ0n) is 8.95. The fourth-order valence-electron chi connectivity index (χ4n) is 2.34. The van der Waals surface area contributed by atoms with E-state index in [4.69, 9.17) is 5.11 Å². The average molecular weight is 224 g/mol. The van der Waals surface area contributed by atoms with Crippen LogP contribution in [0, 0.1) is 0 Å². The van der Waals surface area contributed by atoms with Crippen molar-refractivity contribution < 1.29 is 9.90 Å². The number of carboxylic acids is 1. The van der Waals surface area contributed by atoms with Crippen molar-refractivity contribution in [3.8, 4) is 0 Å². The molecule has 0 spiro atoms. The van der Waals surface area contributed by atoms with Gasteiger partial charge in [0.25, 0.3) is 0 Å². The molecule has 0 amide bonds. The Labute approximate surface area is 93.9 Å². The first-order valence-corrected chi connectivity index (χ1v) is 6.44. The number of carbonyl (C=O) groups is 1. The van der Waals surface area contributed by atoms with Crippen LogP contribution in [0.15, 0.2) is 5.38 Å². The van der Waals surface area contributed by atoms with Crippen molar-refractivity contribution >= 4 is 17.3 Å². The highest BCUT2D eigenvalue weighted by Gasteiger charge is 2.24. The fraction of sp³-hybridized carbons (Fsp3) is 0.583. The van der Waals surface area contributed by atoms with E-state index in [0.717, 1.165) is 18.4 Å². The summed E-state index contributed by atoms with van der Waals surface area (Å²) in [6.07, 6.45) is 5.40. The first kappa shape index (κ1) is 10.7. The van der Waals surface area contributed by atoms with Crippen LogP contribution in [-0.4, -0.2) is 11.1 Å². The molecule has 3 heteroatoms. The summed E-state index contributed by atoms with van der Waals surface area (Å²) in [4.78, 5) is 12.5. The molecule has 0 aromatic carbocycles. The lowest BCUT2D eigenvalue weighted by Crippen LogP contribution is -2.13. The van der Waals surface area contributed by atoms with Crippen molar-refractivity contribution in [1.29, 1.82) is 0 Å². The predicted molar refractivity (Wildman–Crippen MR) is 61.6 cm³/mol. The van der Waals surface area contributed by atoms with Crippen LogP contribution < -0.4 is 0 Å². The molecule has 1 aliphatic carbocycles. The summed E-state index contributed by atoms with van der Waals surface area (Å²) >= 11 is 1.75. The molecule has 0 saturated carbocycles. The highest BCUT2D eigenvalue weighted by Crippen LogP contribution is 2.35. The van der Waals surface area contributed by atoms with Crippen LogP contribution >= 0.6 is 11.3 Å². The SMILES string of the molecule is CCC(C(=O)O)c1csc2c1CCCC2. The topological polar surface area (TPSA) is 37.3 Å². The second-order valence-electron chi connectivity index (χ2n) is 4.10. The first-order chi connectivity index (χ1) is 7.24. The summed E-state index contributed by atoms with van der Waals surface area (Å²) in [5.41, 5.74) is 2.44. The monoisotopic (exact) mass is 224 g/mol. The molecule has 2 rings (SSSR count). The first-order valence-electron chi connectivity index (χ1n) is 5.56. The van der Waals surface area contributed by atoms with Crippen LogP contribution in [0.5, 0.6) is 0 Å². The van der Waals surface area contributed by atoms with Gasteiger partial charge in [0.15, 0.2) is 0 Å². The smallest absolute Gasteiger partial charge is 0.311 e. The summed E-state index contributed by atoms with van der Waals surface area (Å²) in [6.45, 7) is 1.95. The van der Waals surface area contributed by atoms with Gasteiger partial charge >= 0.3 is 5.97 Å². The second kappa shape index (κ2) is 4.35. The van der Waals surface area contributed by atoms with Gasteiger partial charge in [-0.1, -0.05) is 6.92 Å². The van der Waals surface area contributed by atoms with Crippen molar-refractivity contribution in [2.75, 3.05) is 0 Å². The van der Waals surface area contributed by atoms with E-state index in [1.54, 1.807) is 11.3 Å². The Morgan fingerprint density at radius 1 is 1.53 bits per heavy atom. The van der Waals surface area contributed by atoms with E-state index in [1.165, 1.54) is 23.3 Å². The highest BCUT2D eigenvalue weighted by atomic mass is 32.1. The Balaban J connectivity index is 2.35. The third kappa shape index (κ3) is 1.93. The van der Waals surface area contributed by atoms with Crippen LogP contribution in [-0.2, 0) is 17.6 Å². The maximum absolute atomic E-state index is 11.1. The average Bonchev–Trinajstić information content (AvgIpc) is 2.63. The number of thiophene rings is 1. The molecule has 1 heterocycles. The van der Waals surface area contributed by atoms with E-state index in [-0.39, 0.29) is 5.92 Å². The van der Waals surface area contributed by atoms with Crippen LogP contribution in [0.3, 0.4) is 0 Å². The summed E-state index contributed by atoms with van der Waals surface area (Å²) in [5, 5.41) is 11.2. The molecule has 15 heavy (non-hydrogen) atoms. The van der Waals surface area contributed by atoms with Gasteiger partial charge in [-0.2, -0.15) is 0 Å². The normalized spacial score (nSPS) is 17.1. The van der Waals surface area contributed by atoms with Crippen molar-refractivity contribution in [3.05, 3.63) is 21.4 Å². The Morgan fingerprint density at radius 3 is 2.93 bits per heavy atom. The van der Waals surface area contributed by atoms with E-state index in [9.17, 15) is 4.79 Å². The lowest BCUT2D eigenvalue weighted by molar-refractivity contribution is -0.138. The Bertz CT molecular complexity index is 368. The van der Waals surface area contributed by atoms with Crippen LogP contribution in [0.25, 0.3) is 0 Å². The van der Waals surface area contributed by atoms with Crippen molar-refractivity contribution in [3.63, 3.8) is 0 Å². The molecule has 0 saturated heterocycles. The molecular weight excluding hydrogens is 208 g/mol. The predicted octanol–water partition coefficient (Wildman–Crippen LogP) is 3.21. The number of aliphatic carboxylic acids is 1. The summed E-state index contributed by atoms with van der Waals surface area (Å²) < 4.78 is 0. The number of fused-ring (bicyclic) bond motifs is 1.